The average Bonchev–Trinajstić information content (AvgIpc) is 2.45. The Morgan fingerprint density at radius 1 is 1.67 bits per heavy atom. The van der Waals surface area contributed by atoms with E-state index in [0.717, 1.165) is 5.69 Å². The Hall–Kier alpha value is -1.56. The molecule has 0 amide bonds. The highest BCUT2D eigenvalue weighted by Crippen LogP contribution is 2.14. The van der Waals surface area contributed by atoms with Gasteiger partial charge in [-0.1, -0.05) is 0 Å². The van der Waals surface area contributed by atoms with Crippen LogP contribution in [0.4, 0.5) is 5.69 Å². The number of aryl methyl sites for hydroxylation is 1. The molecule has 0 aliphatic heterocycles. The fraction of sp³-hybridized carbons (Fsp3) is 0.556. The number of anilines is 1. The molecule has 0 radical (unpaired) electrons. The fourth-order valence-electron chi connectivity index (χ4n) is 1.26. The van der Waals surface area contributed by atoms with E-state index in [-0.39, 0.29) is 6.54 Å². The van der Waals surface area contributed by atoms with Crippen LogP contribution in [0.1, 0.15) is 11.4 Å². The molecule has 6 heteroatoms. The summed E-state index contributed by atoms with van der Waals surface area (Å²) in [6.45, 7) is 3.60. The second-order valence-corrected chi connectivity index (χ2v) is 3.31. The van der Waals surface area contributed by atoms with Gasteiger partial charge in [-0.25, -0.2) is 4.79 Å². The van der Waals surface area contributed by atoms with Gasteiger partial charge in [-0.3, -0.25) is 4.68 Å². The van der Waals surface area contributed by atoms with Gasteiger partial charge < -0.3 is 15.6 Å². The van der Waals surface area contributed by atoms with E-state index in [4.69, 9.17) is 5.73 Å². The number of carbonyl (C=O) groups excluding carboxylic acids is 1. The van der Waals surface area contributed by atoms with Gasteiger partial charge in [0.25, 0.3) is 0 Å². The Balaban J connectivity index is 2.81. The number of aromatic nitrogens is 2. The summed E-state index contributed by atoms with van der Waals surface area (Å²) < 4.78 is 5.89. The normalized spacial score (nSPS) is 12.5. The summed E-state index contributed by atoms with van der Waals surface area (Å²) in [5, 5.41) is 13.5. The molecule has 0 aromatic carbocycles. The van der Waals surface area contributed by atoms with Gasteiger partial charge in [0.05, 0.1) is 30.7 Å². The zero-order valence-electron chi connectivity index (χ0n) is 9.02. The second-order valence-electron chi connectivity index (χ2n) is 3.31. The number of esters is 1. The third-order valence-electron chi connectivity index (χ3n) is 2.26. The number of hydrogen-bond donors (Lipinski definition) is 2. The van der Waals surface area contributed by atoms with Crippen molar-refractivity contribution in [2.45, 2.75) is 26.5 Å². The number of aliphatic hydroxyl groups is 1. The molecular formula is C9H15N3O3. The lowest BCUT2D eigenvalue weighted by molar-refractivity contribution is -0.151. The average molecular weight is 213 g/mol. The molecule has 1 aromatic rings. The van der Waals surface area contributed by atoms with Gasteiger partial charge >= 0.3 is 5.97 Å². The molecular weight excluding hydrogens is 198 g/mol. The van der Waals surface area contributed by atoms with Crippen LogP contribution in [0.2, 0.25) is 0 Å². The van der Waals surface area contributed by atoms with E-state index in [0.29, 0.717) is 11.4 Å². The van der Waals surface area contributed by atoms with E-state index >= 15 is 0 Å². The molecule has 0 saturated heterocycles. The summed E-state index contributed by atoms with van der Waals surface area (Å²) in [6.07, 6.45) is -1.22. The molecule has 0 aliphatic rings. The summed E-state index contributed by atoms with van der Waals surface area (Å²) in [4.78, 5) is 11.0. The lowest BCUT2D eigenvalue weighted by Crippen LogP contribution is -2.28. The molecule has 1 heterocycles. The van der Waals surface area contributed by atoms with E-state index in [9.17, 15) is 9.90 Å². The van der Waals surface area contributed by atoms with Crippen molar-refractivity contribution in [1.82, 2.24) is 9.78 Å². The Morgan fingerprint density at radius 3 is 2.67 bits per heavy atom. The number of nitrogens with zero attached hydrogens (tertiary/aromatic N) is 2. The first-order valence-electron chi connectivity index (χ1n) is 4.52. The molecule has 1 unspecified atom stereocenters. The van der Waals surface area contributed by atoms with Gasteiger partial charge in [0.2, 0.25) is 0 Å². The van der Waals surface area contributed by atoms with Crippen LogP contribution in [-0.4, -0.2) is 34.1 Å². The van der Waals surface area contributed by atoms with Crippen molar-refractivity contribution in [2.75, 3.05) is 12.8 Å². The maximum absolute atomic E-state index is 11.0. The van der Waals surface area contributed by atoms with Crippen molar-refractivity contribution in [1.29, 1.82) is 0 Å². The van der Waals surface area contributed by atoms with Crippen LogP contribution in [0.25, 0.3) is 0 Å². The lowest BCUT2D eigenvalue weighted by atomic mass is 10.3. The smallest absolute Gasteiger partial charge is 0.336 e. The molecule has 0 aliphatic carbocycles. The number of ether oxygens (including phenoxy) is 1. The minimum atomic E-state index is -1.22. The number of hydrogen-bond acceptors (Lipinski definition) is 5. The minimum absolute atomic E-state index is 0.0521. The molecule has 1 rings (SSSR count). The van der Waals surface area contributed by atoms with Crippen LogP contribution in [-0.2, 0) is 16.1 Å². The largest absolute Gasteiger partial charge is 0.467 e. The maximum Gasteiger partial charge on any atom is 0.336 e. The van der Waals surface area contributed by atoms with Gasteiger partial charge in [-0.05, 0) is 13.8 Å². The lowest BCUT2D eigenvalue weighted by Gasteiger charge is -2.09. The van der Waals surface area contributed by atoms with Crippen LogP contribution < -0.4 is 5.73 Å². The van der Waals surface area contributed by atoms with E-state index in [1.165, 1.54) is 11.8 Å². The summed E-state index contributed by atoms with van der Waals surface area (Å²) >= 11 is 0. The SMILES string of the molecule is COC(=O)C(O)Cn1nc(C)c(N)c1C. The molecule has 0 bridgehead atoms. The first-order chi connectivity index (χ1) is 6.97. The quantitative estimate of drug-likeness (QED) is 0.668. The number of nitrogen functional groups attached to an aromatic ring is 1. The third kappa shape index (κ3) is 2.27. The van der Waals surface area contributed by atoms with Crippen LogP contribution in [0.3, 0.4) is 0 Å². The Kier molecular flexibility index (Phi) is 3.31. The number of carbonyl (C=O) groups is 1. The van der Waals surface area contributed by atoms with E-state index in [1.54, 1.807) is 13.8 Å². The summed E-state index contributed by atoms with van der Waals surface area (Å²) in [7, 11) is 1.22. The molecule has 6 nitrogen and oxygen atoms in total. The first kappa shape index (κ1) is 11.5. The molecule has 15 heavy (non-hydrogen) atoms. The van der Waals surface area contributed by atoms with Gasteiger partial charge in [0, 0.05) is 0 Å². The van der Waals surface area contributed by atoms with E-state index < -0.39 is 12.1 Å². The standard InChI is InChI=1S/C9H15N3O3/c1-5-8(10)6(2)12(11-5)4-7(13)9(14)15-3/h7,13H,4,10H2,1-3H3. The number of aliphatic hydroxyl groups excluding tert-OH is 1. The van der Waals surface area contributed by atoms with E-state index in [2.05, 4.69) is 9.84 Å². The Labute approximate surface area is 87.6 Å². The molecule has 3 N–H and O–H groups in total. The van der Waals surface area contributed by atoms with Crippen molar-refractivity contribution < 1.29 is 14.6 Å². The minimum Gasteiger partial charge on any atom is -0.467 e. The zero-order valence-corrected chi connectivity index (χ0v) is 9.02. The number of rotatable bonds is 3. The van der Waals surface area contributed by atoms with E-state index in [1.807, 2.05) is 0 Å². The molecule has 1 aromatic heterocycles. The predicted octanol–water partition coefficient (Wildman–Crippen LogP) is -0.384. The highest BCUT2D eigenvalue weighted by atomic mass is 16.5. The first-order valence-corrected chi connectivity index (χ1v) is 4.52. The Bertz CT molecular complexity index is 373. The molecule has 0 spiro atoms. The highest BCUT2D eigenvalue weighted by Gasteiger charge is 2.18. The van der Waals surface area contributed by atoms with Crippen LogP contribution in [0.5, 0.6) is 0 Å². The molecule has 1 atom stereocenters. The van der Waals surface area contributed by atoms with Crippen LogP contribution >= 0.6 is 0 Å². The van der Waals surface area contributed by atoms with Crippen molar-refractivity contribution in [2.24, 2.45) is 0 Å². The van der Waals surface area contributed by atoms with Crippen molar-refractivity contribution in [3.8, 4) is 0 Å². The van der Waals surface area contributed by atoms with Crippen molar-refractivity contribution in [3.05, 3.63) is 11.4 Å². The van der Waals surface area contributed by atoms with Gasteiger partial charge in [-0.15, -0.1) is 0 Å². The number of nitrogens with two attached hydrogens (primary N) is 1. The topological polar surface area (TPSA) is 90.4 Å². The third-order valence-corrected chi connectivity index (χ3v) is 2.26. The molecule has 0 saturated carbocycles. The van der Waals surface area contributed by atoms with Crippen LogP contribution in [0, 0.1) is 13.8 Å². The predicted molar refractivity (Wildman–Crippen MR) is 54.1 cm³/mol. The summed E-state index contributed by atoms with van der Waals surface area (Å²) in [5.74, 6) is -0.680. The highest BCUT2D eigenvalue weighted by molar-refractivity contribution is 5.74. The van der Waals surface area contributed by atoms with Crippen molar-refractivity contribution >= 4 is 11.7 Å². The van der Waals surface area contributed by atoms with Crippen molar-refractivity contribution in [3.63, 3.8) is 0 Å². The maximum atomic E-state index is 11.0. The molecule has 0 fully saturated rings. The Morgan fingerprint density at radius 2 is 2.27 bits per heavy atom. The van der Waals surface area contributed by atoms with Gasteiger partial charge in [0.1, 0.15) is 0 Å². The fourth-order valence-corrected chi connectivity index (χ4v) is 1.26. The second kappa shape index (κ2) is 4.31. The van der Waals surface area contributed by atoms with Gasteiger partial charge in [0.15, 0.2) is 6.10 Å². The summed E-state index contributed by atoms with van der Waals surface area (Å²) in [6, 6.07) is 0. The summed E-state index contributed by atoms with van der Waals surface area (Å²) in [5.41, 5.74) is 7.70. The van der Waals surface area contributed by atoms with Gasteiger partial charge in [-0.2, -0.15) is 5.10 Å². The number of methoxy groups -OCH3 is 1. The molecule has 84 valence electrons. The monoisotopic (exact) mass is 213 g/mol. The van der Waals surface area contributed by atoms with Crippen LogP contribution in [0.15, 0.2) is 0 Å². The zero-order chi connectivity index (χ0) is 11.6.